The van der Waals surface area contributed by atoms with Crippen molar-refractivity contribution in [1.82, 2.24) is 4.90 Å². The second-order valence-corrected chi connectivity index (χ2v) is 4.24. The Hall–Kier alpha value is -0.900. The van der Waals surface area contributed by atoms with Crippen LogP contribution in [0.2, 0.25) is 0 Å². The van der Waals surface area contributed by atoms with Crippen LogP contribution in [0.1, 0.15) is 18.6 Å². The minimum Gasteiger partial charge on any atom is -0.387 e. The Kier molecular flexibility index (Phi) is 3.93. The minimum absolute atomic E-state index is 0.145. The van der Waals surface area contributed by atoms with E-state index in [2.05, 4.69) is 11.8 Å². The lowest BCUT2D eigenvalue weighted by Gasteiger charge is -2.35. The molecule has 0 saturated carbocycles. The van der Waals surface area contributed by atoms with E-state index in [0.717, 1.165) is 31.9 Å². The number of hydrogen-bond donors (Lipinski definition) is 1. The van der Waals surface area contributed by atoms with Gasteiger partial charge in [-0.1, -0.05) is 30.3 Å². The zero-order valence-corrected chi connectivity index (χ0v) is 9.67. The highest BCUT2D eigenvalue weighted by molar-refractivity contribution is 5.18. The topological polar surface area (TPSA) is 32.7 Å². The fourth-order valence-electron chi connectivity index (χ4n) is 2.11. The first-order chi connectivity index (χ1) is 7.79. The van der Waals surface area contributed by atoms with Gasteiger partial charge in [0, 0.05) is 19.1 Å². The van der Waals surface area contributed by atoms with E-state index in [1.54, 1.807) is 0 Å². The molecular weight excluding hydrogens is 202 g/mol. The molecule has 0 bridgehead atoms. The molecule has 1 fully saturated rings. The second kappa shape index (κ2) is 5.43. The summed E-state index contributed by atoms with van der Waals surface area (Å²) < 4.78 is 5.31. The van der Waals surface area contributed by atoms with Gasteiger partial charge in [0.15, 0.2) is 0 Å². The molecule has 88 valence electrons. The smallest absolute Gasteiger partial charge is 0.0942 e. The van der Waals surface area contributed by atoms with Crippen LogP contribution < -0.4 is 0 Å². The second-order valence-electron chi connectivity index (χ2n) is 4.24. The van der Waals surface area contributed by atoms with E-state index in [1.807, 2.05) is 30.3 Å². The molecule has 2 unspecified atom stereocenters. The van der Waals surface area contributed by atoms with Crippen molar-refractivity contribution in [3.8, 4) is 0 Å². The maximum Gasteiger partial charge on any atom is 0.0942 e. The van der Waals surface area contributed by atoms with Crippen LogP contribution in [0.4, 0.5) is 0 Å². The molecule has 1 N–H and O–H groups in total. The summed E-state index contributed by atoms with van der Waals surface area (Å²) in [6, 6.07) is 9.99. The summed E-state index contributed by atoms with van der Waals surface area (Å²) in [6.45, 7) is 5.43. The molecule has 1 aliphatic heterocycles. The van der Waals surface area contributed by atoms with Gasteiger partial charge < -0.3 is 9.84 Å². The lowest BCUT2D eigenvalue weighted by atomic mass is 10.0. The number of ether oxygens (including phenoxy) is 1. The molecule has 1 saturated heterocycles. The van der Waals surface area contributed by atoms with E-state index in [0.29, 0.717) is 0 Å². The number of nitrogens with zero attached hydrogens (tertiary/aromatic N) is 1. The normalized spacial score (nSPS) is 21.6. The highest BCUT2D eigenvalue weighted by Crippen LogP contribution is 2.21. The van der Waals surface area contributed by atoms with Crippen molar-refractivity contribution in [3.05, 3.63) is 35.9 Å². The predicted octanol–water partition coefficient (Wildman–Crippen LogP) is 1.44. The molecule has 0 spiro atoms. The number of hydrogen-bond acceptors (Lipinski definition) is 3. The SMILES string of the molecule is CC(C(O)c1ccccc1)N1CCOCC1. The molecule has 1 aromatic carbocycles. The molecule has 0 aromatic heterocycles. The fraction of sp³-hybridized carbons (Fsp3) is 0.538. The molecule has 0 amide bonds. The van der Waals surface area contributed by atoms with Crippen molar-refractivity contribution < 1.29 is 9.84 Å². The van der Waals surface area contributed by atoms with Gasteiger partial charge in [0.25, 0.3) is 0 Å². The minimum atomic E-state index is -0.417. The number of aliphatic hydroxyl groups excluding tert-OH is 1. The summed E-state index contributed by atoms with van der Waals surface area (Å²) in [4.78, 5) is 2.28. The van der Waals surface area contributed by atoms with Crippen LogP contribution in [0, 0.1) is 0 Å². The zero-order chi connectivity index (χ0) is 11.4. The van der Waals surface area contributed by atoms with Gasteiger partial charge in [-0.2, -0.15) is 0 Å². The molecule has 1 aliphatic rings. The Morgan fingerprint density at radius 2 is 1.81 bits per heavy atom. The molecule has 1 aromatic rings. The standard InChI is InChI=1S/C13H19NO2/c1-11(14-7-9-16-10-8-14)13(15)12-5-3-2-4-6-12/h2-6,11,13,15H,7-10H2,1H3. The quantitative estimate of drug-likeness (QED) is 0.838. The van der Waals surface area contributed by atoms with E-state index in [-0.39, 0.29) is 6.04 Å². The number of benzene rings is 1. The number of aliphatic hydroxyl groups is 1. The summed E-state index contributed by atoms with van der Waals surface area (Å²) in [7, 11) is 0. The zero-order valence-electron chi connectivity index (χ0n) is 9.67. The largest absolute Gasteiger partial charge is 0.387 e. The van der Waals surface area contributed by atoms with Gasteiger partial charge in [0.1, 0.15) is 0 Å². The monoisotopic (exact) mass is 221 g/mol. The Morgan fingerprint density at radius 3 is 2.44 bits per heavy atom. The summed E-state index contributed by atoms with van der Waals surface area (Å²) in [6.07, 6.45) is -0.417. The molecule has 3 heteroatoms. The first-order valence-electron chi connectivity index (χ1n) is 5.84. The van der Waals surface area contributed by atoms with E-state index in [9.17, 15) is 5.11 Å². The van der Waals surface area contributed by atoms with Crippen molar-refractivity contribution >= 4 is 0 Å². The van der Waals surface area contributed by atoms with E-state index in [1.165, 1.54) is 0 Å². The average molecular weight is 221 g/mol. The van der Waals surface area contributed by atoms with Crippen molar-refractivity contribution in [2.45, 2.75) is 19.1 Å². The van der Waals surface area contributed by atoms with Crippen molar-refractivity contribution in [2.75, 3.05) is 26.3 Å². The van der Waals surface area contributed by atoms with Gasteiger partial charge >= 0.3 is 0 Å². The fourth-order valence-corrected chi connectivity index (χ4v) is 2.11. The Labute approximate surface area is 96.6 Å². The lowest BCUT2D eigenvalue weighted by Crippen LogP contribution is -2.44. The van der Waals surface area contributed by atoms with E-state index >= 15 is 0 Å². The van der Waals surface area contributed by atoms with Crippen LogP contribution in [-0.4, -0.2) is 42.4 Å². The van der Waals surface area contributed by atoms with Crippen LogP contribution in [0.25, 0.3) is 0 Å². The Morgan fingerprint density at radius 1 is 1.19 bits per heavy atom. The van der Waals surface area contributed by atoms with Crippen LogP contribution in [0.3, 0.4) is 0 Å². The first-order valence-corrected chi connectivity index (χ1v) is 5.84. The molecule has 2 rings (SSSR count). The lowest BCUT2D eigenvalue weighted by molar-refractivity contribution is -0.0166. The Balaban J connectivity index is 2.00. The third-order valence-corrected chi connectivity index (χ3v) is 3.22. The van der Waals surface area contributed by atoms with Crippen LogP contribution >= 0.6 is 0 Å². The van der Waals surface area contributed by atoms with Crippen molar-refractivity contribution in [2.24, 2.45) is 0 Å². The molecule has 16 heavy (non-hydrogen) atoms. The van der Waals surface area contributed by atoms with Gasteiger partial charge in [0.05, 0.1) is 19.3 Å². The molecular formula is C13H19NO2. The summed E-state index contributed by atoms with van der Waals surface area (Å²) in [5.74, 6) is 0. The molecule has 3 nitrogen and oxygen atoms in total. The molecule has 2 atom stereocenters. The number of morpholine rings is 1. The summed E-state index contributed by atoms with van der Waals surface area (Å²) in [5.41, 5.74) is 0.987. The summed E-state index contributed by atoms with van der Waals surface area (Å²) >= 11 is 0. The van der Waals surface area contributed by atoms with Crippen LogP contribution in [-0.2, 0) is 4.74 Å². The maximum atomic E-state index is 10.3. The van der Waals surface area contributed by atoms with E-state index in [4.69, 9.17) is 4.74 Å². The predicted molar refractivity (Wildman–Crippen MR) is 63.3 cm³/mol. The third-order valence-electron chi connectivity index (χ3n) is 3.22. The third kappa shape index (κ3) is 2.61. The van der Waals surface area contributed by atoms with Crippen LogP contribution in [0.5, 0.6) is 0 Å². The first kappa shape index (κ1) is 11.6. The van der Waals surface area contributed by atoms with Crippen LogP contribution in [0.15, 0.2) is 30.3 Å². The number of rotatable bonds is 3. The van der Waals surface area contributed by atoms with Gasteiger partial charge in [-0.05, 0) is 12.5 Å². The van der Waals surface area contributed by atoms with Gasteiger partial charge in [0.2, 0.25) is 0 Å². The Bertz CT molecular complexity index is 309. The highest BCUT2D eigenvalue weighted by Gasteiger charge is 2.24. The average Bonchev–Trinajstić information content (AvgIpc) is 2.39. The van der Waals surface area contributed by atoms with Crippen molar-refractivity contribution in [1.29, 1.82) is 0 Å². The highest BCUT2D eigenvalue weighted by atomic mass is 16.5. The van der Waals surface area contributed by atoms with Gasteiger partial charge in [-0.25, -0.2) is 0 Å². The molecule has 0 aliphatic carbocycles. The molecule has 1 heterocycles. The van der Waals surface area contributed by atoms with Gasteiger partial charge in [-0.3, -0.25) is 4.90 Å². The van der Waals surface area contributed by atoms with E-state index < -0.39 is 6.10 Å². The maximum absolute atomic E-state index is 10.3. The molecule has 0 radical (unpaired) electrons. The van der Waals surface area contributed by atoms with Gasteiger partial charge in [-0.15, -0.1) is 0 Å². The summed E-state index contributed by atoms with van der Waals surface area (Å²) in [5, 5.41) is 10.3. The van der Waals surface area contributed by atoms with Crippen molar-refractivity contribution in [3.63, 3.8) is 0 Å².